The standard InChI is InChI=1S/C17H27F3N4O.HI/c1-21-16(22-10-4-12-24(2)13-17(18,19)20)23-11-9-14-5-7-15(25-3)8-6-14;/h5-8H,4,9-13H2,1-3H3,(H2,21,22,23);1H. The second kappa shape index (κ2) is 13.0. The Morgan fingerprint density at radius 2 is 1.77 bits per heavy atom. The van der Waals surface area contributed by atoms with E-state index in [4.69, 9.17) is 4.74 Å². The van der Waals surface area contributed by atoms with Gasteiger partial charge in [0.05, 0.1) is 13.7 Å². The molecule has 0 fully saturated rings. The summed E-state index contributed by atoms with van der Waals surface area (Å²) in [5.41, 5.74) is 1.18. The van der Waals surface area contributed by atoms with E-state index in [0.717, 1.165) is 12.2 Å². The SMILES string of the molecule is CN=C(NCCCN(C)CC(F)(F)F)NCCc1ccc(OC)cc1.I. The molecule has 0 saturated carbocycles. The lowest BCUT2D eigenvalue weighted by molar-refractivity contribution is -0.143. The molecular weight excluding hydrogens is 460 g/mol. The molecule has 0 aromatic heterocycles. The summed E-state index contributed by atoms with van der Waals surface area (Å²) in [5.74, 6) is 1.47. The highest BCUT2D eigenvalue weighted by Crippen LogP contribution is 2.15. The largest absolute Gasteiger partial charge is 0.497 e. The highest BCUT2D eigenvalue weighted by molar-refractivity contribution is 14.0. The number of aliphatic imine (C=N–C) groups is 1. The second-order valence-corrected chi connectivity index (χ2v) is 5.73. The zero-order valence-electron chi connectivity index (χ0n) is 15.4. The maximum atomic E-state index is 12.2. The van der Waals surface area contributed by atoms with E-state index < -0.39 is 12.7 Å². The Bertz CT molecular complexity index is 524. The predicted molar refractivity (Wildman–Crippen MR) is 110 cm³/mol. The normalized spacial score (nSPS) is 11.9. The smallest absolute Gasteiger partial charge is 0.401 e. The van der Waals surface area contributed by atoms with Crippen LogP contribution in [0.25, 0.3) is 0 Å². The van der Waals surface area contributed by atoms with Gasteiger partial charge in [-0.05, 0) is 44.1 Å². The van der Waals surface area contributed by atoms with Crippen molar-refractivity contribution in [2.75, 3.05) is 47.4 Å². The van der Waals surface area contributed by atoms with Gasteiger partial charge < -0.3 is 15.4 Å². The van der Waals surface area contributed by atoms with Crippen molar-refractivity contribution in [1.82, 2.24) is 15.5 Å². The van der Waals surface area contributed by atoms with Gasteiger partial charge in [-0.1, -0.05) is 12.1 Å². The maximum Gasteiger partial charge on any atom is 0.401 e. The molecule has 5 nitrogen and oxygen atoms in total. The van der Waals surface area contributed by atoms with Crippen LogP contribution < -0.4 is 15.4 Å². The van der Waals surface area contributed by atoms with Crippen molar-refractivity contribution in [3.05, 3.63) is 29.8 Å². The van der Waals surface area contributed by atoms with Crippen molar-refractivity contribution >= 4 is 29.9 Å². The lowest BCUT2D eigenvalue weighted by Crippen LogP contribution is -2.40. The number of rotatable bonds is 9. The predicted octanol–water partition coefficient (Wildman–Crippen LogP) is 2.90. The molecule has 0 heterocycles. The molecule has 0 aliphatic heterocycles. The van der Waals surface area contributed by atoms with E-state index >= 15 is 0 Å². The van der Waals surface area contributed by atoms with E-state index in [1.807, 2.05) is 24.3 Å². The fraction of sp³-hybridized carbons (Fsp3) is 0.588. The Morgan fingerprint density at radius 3 is 2.31 bits per heavy atom. The molecule has 1 rings (SSSR count). The van der Waals surface area contributed by atoms with Gasteiger partial charge in [0.15, 0.2) is 5.96 Å². The van der Waals surface area contributed by atoms with Gasteiger partial charge in [-0.25, -0.2) is 0 Å². The van der Waals surface area contributed by atoms with Gasteiger partial charge >= 0.3 is 6.18 Å². The summed E-state index contributed by atoms with van der Waals surface area (Å²) in [6.07, 6.45) is -2.72. The first kappa shape index (κ1) is 24.8. The van der Waals surface area contributed by atoms with Crippen LogP contribution in [0.5, 0.6) is 5.75 Å². The average molecular weight is 488 g/mol. The molecule has 0 atom stereocenters. The van der Waals surface area contributed by atoms with E-state index in [2.05, 4.69) is 15.6 Å². The first-order valence-electron chi connectivity index (χ1n) is 8.17. The van der Waals surface area contributed by atoms with Crippen molar-refractivity contribution in [2.45, 2.75) is 19.0 Å². The Hall–Kier alpha value is -1.23. The first-order chi connectivity index (χ1) is 11.8. The van der Waals surface area contributed by atoms with Crippen LogP contribution >= 0.6 is 24.0 Å². The zero-order chi connectivity index (χ0) is 18.7. The molecule has 0 radical (unpaired) electrons. The topological polar surface area (TPSA) is 48.9 Å². The van der Waals surface area contributed by atoms with Crippen LogP contribution in [-0.4, -0.2) is 64.4 Å². The van der Waals surface area contributed by atoms with Crippen LogP contribution in [0.3, 0.4) is 0 Å². The molecule has 1 aromatic rings. The molecule has 2 N–H and O–H groups in total. The first-order valence-corrected chi connectivity index (χ1v) is 8.17. The number of nitrogens with zero attached hydrogens (tertiary/aromatic N) is 2. The fourth-order valence-electron chi connectivity index (χ4n) is 2.28. The Kier molecular flexibility index (Phi) is 12.4. The molecule has 1 aromatic carbocycles. The number of guanidine groups is 1. The zero-order valence-corrected chi connectivity index (χ0v) is 17.7. The molecule has 0 amide bonds. The number of benzene rings is 1. The number of nitrogens with one attached hydrogen (secondary N) is 2. The molecule has 0 aliphatic carbocycles. The van der Waals surface area contributed by atoms with Crippen LogP contribution in [0.2, 0.25) is 0 Å². The number of hydrogen-bond acceptors (Lipinski definition) is 3. The highest BCUT2D eigenvalue weighted by Gasteiger charge is 2.28. The lowest BCUT2D eigenvalue weighted by atomic mass is 10.1. The third-order valence-corrected chi connectivity index (χ3v) is 3.55. The molecule has 9 heteroatoms. The second-order valence-electron chi connectivity index (χ2n) is 5.73. The van der Waals surface area contributed by atoms with E-state index in [1.54, 1.807) is 14.2 Å². The van der Waals surface area contributed by atoms with Crippen LogP contribution in [0.15, 0.2) is 29.3 Å². The van der Waals surface area contributed by atoms with E-state index in [9.17, 15) is 13.2 Å². The van der Waals surface area contributed by atoms with Gasteiger partial charge in [-0.15, -0.1) is 24.0 Å². The van der Waals surface area contributed by atoms with Gasteiger partial charge in [0.25, 0.3) is 0 Å². The maximum absolute atomic E-state index is 12.2. The van der Waals surface area contributed by atoms with Crippen molar-refractivity contribution in [1.29, 1.82) is 0 Å². The average Bonchev–Trinajstić information content (AvgIpc) is 2.56. The third kappa shape index (κ3) is 11.4. The Labute approximate surface area is 170 Å². The minimum atomic E-state index is -4.15. The molecule has 26 heavy (non-hydrogen) atoms. The third-order valence-electron chi connectivity index (χ3n) is 3.55. The number of alkyl halides is 3. The van der Waals surface area contributed by atoms with Crippen LogP contribution in [0, 0.1) is 0 Å². The van der Waals surface area contributed by atoms with Crippen molar-refractivity contribution in [3.8, 4) is 5.75 Å². The monoisotopic (exact) mass is 488 g/mol. The van der Waals surface area contributed by atoms with E-state index in [-0.39, 0.29) is 24.0 Å². The van der Waals surface area contributed by atoms with Crippen LogP contribution in [0.1, 0.15) is 12.0 Å². The molecule has 0 bridgehead atoms. The number of methoxy groups -OCH3 is 1. The Balaban J connectivity index is 0.00000625. The fourth-order valence-corrected chi connectivity index (χ4v) is 2.28. The summed E-state index contributed by atoms with van der Waals surface area (Å²) in [5, 5.41) is 6.29. The molecule has 0 spiro atoms. The summed E-state index contributed by atoms with van der Waals surface area (Å²) >= 11 is 0. The molecule has 150 valence electrons. The van der Waals surface area contributed by atoms with Crippen molar-refractivity contribution in [2.24, 2.45) is 4.99 Å². The molecular formula is C17H28F3IN4O. The highest BCUT2D eigenvalue weighted by atomic mass is 127. The minimum absolute atomic E-state index is 0. The minimum Gasteiger partial charge on any atom is -0.497 e. The van der Waals surface area contributed by atoms with Gasteiger partial charge in [-0.2, -0.15) is 13.2 Å². The van der Waals surface area contributed by atoms with Crippen molar-refractivity contribution in [3.63, 3.8) is 0 Å². The summed E-state index contributed by atoms with van der Waals surface area (Å²) in [6.45, 7) is 0.752. The summed E-state index contributed by atoms with van der Waals surface area (Å²) in [7, 11) is 4.76. The van der Waals surface area contributed by atoms with E-state index in [0.29, 0.717) is 32.0 Å². The van der Waals surface area contributed by atoms with Gasteiger partial charge in [0.2, 0.25) is 0 Å². The van der Waals surface area contributed by atoms with E-state index in [1.165, 1.54) is 17.5 Å². The van der Waals surface area contributed by atoms with Gasteiger partial charge in [0.1, 0.15) is 5.75 Å². The molecule has 0 saturated heterocycles. The van der Waals surface area contributed by atoms with Gasteiger partial charge in [-0.3, -0.25) is 9.89 Å². The summed E-state index contributed by atoms with van der Waals surface area (Å²) < 4.78 is 41.8. The lowest BCUT2D eigenvalue weighted by Gasteiger charge is -2.19. The number of halogens is 4. The Morgan fingerprint density at radius 1 is 1.15 bits per heavy atom. The van der Waals surface area contributed by atoms with Crippen molar-refractivity contribution < 1.29 is 17.9 Å². The number of ether oxygens (including phenoxy) is 1. The molecule has 0 unspecified atom stereocenters. The number of hydrogen-bond donors (Lipinski definition) is 2. The van der Waals surface area contributed by atoms with Crippen LogP contribution in [0.4, 0.5) is 13.2 Å². The quantitative estimate of drug-likeness (QED) is 0.243. The summed E-state index contributed by atoms with van der Waals surface area (Å²) in [6, 6.07) is 7.85. The van der Waals surface area contributed by atoms with Crippen LogP contribution in [-0.2, 0) is 6.42 Å². The summed E-state index contributed by atoms with van der Waals surface area (Å²) in [4.78, 5) is 5.37. The molecule has 0 aliphatic rings. The van der Waals surface area contributed by atoms with Gasteiger partial charge in [0, 0.05) is 20.1 Å².